The van der Waals surface area contributed by atoms with Crippen LogP contribution in [0, 0.1) is 0 Å². The summed E-state index contributed by atoms with van der Waals surface area (Å²) in [6.07, 6.45) is 2.64. The summed E-state index contributed by atoms with van der Waals surface area (Å²) in [5, 5.41) is 11.9. The van der Waals surface area contributed by atoms with Crippen LogP contribution in [-0.2, 0) is 21.0 Å². The smallest absolute Gasteiger partial charge is 0.332 e. The first kappa shape index (κ1) is 10.1. The third-order valence-corrected chi connectivity index (χ3v) is 1.15. The minimum atomic E-state index is -1.16. The number of nitrogens with one attached hydrogen (secondary N) is 1. The second kappa shape index (κ2) is 4.92. The highest BCUT2D eigenvalue weighted by Gasteiger charge is 2.03. The Morgan fingerprint density at radius 1 is 1.57 bits per heavy atom. The van der Waals surface area contributed by atoms with Crippen LogP contribution in [0.2, 0.25) is 0 Å². The van der Waals surface area contributed by atoms with Crippen molar-refractivity contribution < 1.29 is 19.5 Å². The lowest BCUT2D eigenvalue weighted by molar-refractivity contribution is -0.149. The van der Waals surface area contributed by atoms with Gasteiger partial charge in [0.2, 0.25) is 0 Å². The van der Waals surface area contributed by atoms with Crippen molar-refractivity contribution in [2.45, 2.75) is 6.54 Å². The van der Waals surface area contributed by atoms with Crippen LogP contribution in [0.15, 0.2) is 12.7 Å². The molecule has 1 rings (SSSR count). The molecule has 1 amide bonds. The number of hydroxylamine groups is 1. The van der Waals surface area contributed by atoms with Crippen molar-refractivity contribution in [3.8, 4) is 0 Å². The number of carboxylic acid groups (broad SMARTS) is 1. The molecule has 8 nitrogen and oxygen atoms in total. The Bertz CT molecular complexity index is 310. The molecule has 2 N–H and O–H groups in total. The van der Waals surface area contributed by atoms with Gasteiger partial charge in [0.1, 0.15) is 19.2 Å². The van der Waals surface area contributed by atoms with E-state index in [4.69, 9.17) is 5.11 Å². The van der Waals surface area contributed by atoms with Gasteiger partial charge in [-0.15, -0.1) is 0 Å². The van der Waals surface area contributed by atoms with Gasteiger partial charge in [-0.3, -0.25) is 9.63 Å². The van der Waals surface area contributed by atoms with Crippen molar-refractivity contribution in [1.82, 2.24) is 20.2 Å². The minimum Gasteiger partial charge on any atom is -0.479 e. The van der Waals surface area contributed by atoms with Gasteiger partial charge in [-0.25, -0.2) is 19.9 Å². The highest BCUT2D eigenvalue weighted by atomic mass is 16.7. The summed E-state index contributed by atoms with van der Waals surface area (Å²) in [6.45, 7) is -0.650. The lowest BCUT2D eigenvalue weighted by Gasteiger charge is -2.02. The van der Waals surface area contributed by atoms with E-state index in [0.29, 0.717) is 0 Å². The predicted molar refractivity (Wildman–Crippen MR) is 41.8 cm³/mol. The zero-order chi connectivity index (χ0) is 10.4. The molecule has 0 radical (unpaired) electrons. The fraction of sp³-hybridized carbons (Fsp3) is 0.333. The molecule has 0 aliphatic heterocycles. The average Bonchev–Trinajstić information content (AvgIpc) is 2.56. The maximum atomic E-state index is 11.0. The van der Waals surface area contributed by atoms with Crippen LogP contribution >= 0.6 is 0 Å². The molecule has 1 heterocycles. The van der Waals surface area contributed by atoms with E-state index in [2.05, 4.69) is 14.9 Å². The number of amides is 1. The molecule has 0 bridgehead atoms. The van der Waals surface area contributed by atoms with E-state index in [1.165, 1.54) is 17.3 Å². The van der Waals surface area contributed by atoms with Crippen molar-refractivity contribution in [3.63, 3.8) is 0 Å². The lowest BCUT2D eigenvalue weighted by atomic mass is 10.6. The maximum absolute atomic E-state index is 11.0. The summed E-state index contributed by atoms with van der Waals surface area (Å²) in [5.74, 6) is -1.66. The molecule has 0 aliphatic rings. The normalized spacial score (nSPS) is 9.71. The van der Waals surface area contributed by atoms with E-state index in [-0.39, 0.29) is 6.54 Å². The number of aromatic nitrogens is 3. The number of hydrogen-bond acceptors (Lipinski definition) is 5. The lowest BCUT2D eigenvalue weighted by Crippen LogP contribution is -2.29. The molecule has 8 heteroatoms. The van der Waals surface area contributed by atoms with Crippen LogP contribution in [0.1, 0.15) is 0 Å². The van der Waals surface area contributed by atoms with Gasteiger partial charge in [0.25, 0.3) is 5.91 Å². The number of rotatable bonds is 5. The third kappa shape index (κ3) is 3.63. The Balaban J connectivity index is 2.20. The van der Waals surface area contributed by atoms with Crippen LogP contribution in [0.3, 0.4) is 0 Å². The van der Waals surface area contributed by atoms with Gasteiger partial charge < -0.3 is 5.11 Å². The second-order valence-corrected chi connectivity index (χ2v) is 2.30. The summed E-state index contributed by atoms with van der Waals surface area (Å²) < 4.78 is 1.28. The monoisotopic (exact) mass is 200 g/mol. The minimum absolute atomic E-state index is 0.0698. The first-order valence-electron chi connectivity index (χ1n) is 3.63. The van der Waals surface area contributed by atoms with Gasteiger partial charge in [0, 0.05) is 0 Å². The van der Waals surface area contributed by atoms with Crippen LogP contribution < -0.4 is 5.48 Å². The largest absolute Gasteiger partial charge is 0.479 e. The molecule has 0 aromatic carbocycles. The number of carbonyl (C=O) groups is 2. The van der Waals surface area contributed by atoms with E-state index in [0.717, 1.165) is 0 Å². The van der Waals surface area contributed by atoms with Crippen molar-refractivity contribution in [1.29, 1.82) is 0 Å². The Morgan fingerprint density at radius 2 is 2.36 bits per heavy atom. The predicted octanol–water partition coefficient (Wildman–Crippen LogP) is -1.59. The summed E-state index contributed by atoms with van der Waals surface area (Å²) >= 11 is 0. The highest BCUT2D eigenvalue weighted by Crippen LogP contribution is 1.80. The first-order valence-corrected chi connectivity index (χ1v) is 3.63. The molecule has 0 atom stereocenters. The van der Waals surface area contributed by atoms with Gasteiger partial charge in [-0.05, 0) is 0 Å². The topological polar surface area (TPSA) is 106 Å². The van der Waals surface area contributed by atoms with E-state index >= 15 is 0 Å². The van der Waals surface area contributed by atoms with Gasteiger partial charge in [-0.1, -0.05) is 0 Å². The quantitative estimate of drug-likeness (QED) is 0.555. The van der Waals surface area contributed by atoms with Crippen molar-refractivity contribution in [3.05, 3.63) is 12.7 Å². The van der Waals surface area contributed by atoms with E-state index in [1.54, 1.807) is 0 Å². The summed E-state index contributed by atoms with van der Waals surface area (Å²) in [7, 11) is 0. The number of nitrogens with zero attached hydrogens (tertiary/aromatic N) is 3. The third-order valence-electron chi connectivity index (χ3n) is 1.15. The molecule has 1 aromatic heterocycles. The Morgan fingerprint density at radius 3 is 2.93 bits per heavy atom. The molecular formula is C6H8N4O4. The van der Waals surface area contributed by atoms with Gasteiger partial charge >= 0.3 is 5.97 Å². The summed E-state index contributed by atoms with van der Waals surface area (Å²) in [6, 6.07) is 0. The molecule has 0 saturated heterocycles. The second-order valence-electron chi connectivity index (χ2n) is 2.30. The highest BCUT2D eigenvalue weighted by molar-refractivity contribution is 5.74. The number of aliphatic carboxylic acids is 1. The molecule has 0 fully saturated rings. The first-order chi connectivity index (χ1) is 6.68. The Labute approximate surface area is 78.5 Å². The zero-order valence-corrected chi connectivity index (χ0v) is 7.08. The molecule has 0 saturated carbocycles. The number of carboxylic acids is 1. The van der Waals surface area contributed by atoms with Gasteiger partial charge in [0.15, 0.2) is 6.61 Å². The Kier molecular flexibility index (Phi) is 3.56. The van der Waals surface area contributed by atoms with Gasteiger partial charge in [0.05, 0.1) is 0 Å². The molecule has 14 heavy (non-hydrogen) atoms. The van der Waals surface area contributed by atoms with E-state index < -0.39 is 18.5 Å². The summed E-state index contributed by atoms with van der Waals surface area (Å²) in [5.41, 5.74) is 1.94. The van der Waals surface area contributed by atoms with Crippen LogP contribution in [0.25, 0.3) is 0 Å². The maximum Gasteiger partial charge on any atom is 0.332 e. The molecule has 0 spiro atoms. The zero-order valence-electron chi connectivity index (χ0n) is 7.08. The van der Waals surface area contributed by atoms with Crippen molar-refractivity contribution >= 4 is 11.9 Å². The number of hydrogen-bond donors (Lipinski definition) is 2. The van der Waals surface area contributed by atoms with Crippen LogP contribution in [0.4, 0.5) is 0 Å². The van der Waals surface area contributed by atoms with Crippen LogP contribution in [0.5, 0.6) is 0 Å². The number of carbonyl (C=O) groups excluding carboxylic acids is 1. The SMILES string of the molecule is O=C(O)CONC(=O)Cn1cncn1. The average molecular weight is 200 g/mol. The van der Waals surface area contributed by atoms with E-state index in [1.807, 2.05) is 5.48 Å². The Hall–Kier alpha value is -1.96. The molecule has 0 aliphatic carbocycles. The molecule has 0 unspecified atom stereocenters. The van der Waals surface area contributed by atoms with Crippen LogP contribution in [-0.4, -0.2) is 38.4 Å². The fourth-order valence-corrected chi connectivity index (χ4v) is 0.672. The van der Waals surface area contributed by atoms with Crippen molar-refractivity contribution in [2.24, 2.45) is 0 Å². The fourth-order valence-electron chi connectivity index (χ4n) is 0.672. The molecule has 76 valence electrons. The van der Waals surface area contributed by atoms with E-state index in [9.17, 15) is 9.59 Å². The van der Waals surface area contributed by atoms with Gasteiger partial charge in [-0.2, -0.15) is 5.10 Å². The molecule has 1 aromatic rings. The standard InChI is InChI=1S/C6H8N4O4/c11-5(9-14-2-6(12)13)1-10-4-7-3-8-10/h3-4H,1-2H2,(H,9,11)(H,12,13). The van der Waals surface area contributed by atoms with Crippen molar-refractivity contribution in [2.75, 3.05) is 6.61 Å². The molecular weight excluding hydrogens is 192 g/mol. The summed E-state index contributed by atoms with van der Waals surface area (Å²) in [4.78, 5) is 28.9.